The second-order valence-corrected chi connectivity index (χ2v) is 11.2. The molecule has 1 spiro atoms. The molecule has 7 heteroatoms. The van der Waals surface area contributed by atoms with E-state index in [1.54, 1.807) is 6.33 Å². The van der Waals surface area contributed by atoms with Gasteiger partial charge in [0.1, 0.15) is 12.1 Å². The van der Waals surface area contributed by atoms with E-state index in [0.29, 0.717) is 5.41 Å². The zero-order chi connectivity index (χ0) is 22.2. The predicted octanol–water partition coefficient (Wildman–Crippen LogP) is 3.54. The van der Waals surface area contributed by atoms with Crippen LogP contribution in [0.2, 0.25) is 0 Å². The van der Waals surface area contributed by atoms with Crippen molar-refractivity contribution in [1.82, 2.24) is 24.6 Å². The number of rotatable bonds is 5. The molecule has 33 heavy (non-hydrogen) atoms. The Balaban J connectivity index is 1.13. The lowest BCUT2D eigenvalue weighted by Gasteiger charge is -2.45. The maximum Gasteiger partial charge on any atom is 0.159 e. The van der Waals surface area contributed by atoms with Gasteiger partial charge in [0.15, 0.2) is 5.82 Å². The van der Waals surface area contributed by atoms with E-state index in [-0.39, 0.29) is 5.41 Å². The van der Waals surface area contributed by atoms with Gasteiger partial charge < -0.3 is 9.80 Å². The highest BCUT2D eigenvalue weighted by Crippen LogP contribution is 2.68. The van der Waals surface area contributed by atoms with Crippen LogP contribution in [-0.2, 0) is 5.41 Å². The highest BCUT2D eigenvalue weighted by Gasteiger charge is 2.61. The van der Waals surface area contributed by atoms with Crippen molar-refractivity contribution in [3.63, 3.8) is 0 Å². The van der Waals surface area contributed by atoms with E-state index in [2.05, 4.69) is 62.2 Å². The molecule has 2 aliphatic heterocycles. The summed E-state index contributed by atoms with van der Waals surface area (Å²) in [7, 11) is 2.20. The quantitative estimate of drug-likeness (QED) is 0.605. The molecule has 7 rings (SSSR count). The lowest BCUT2D eigenvalue weighted by Crippen LogP contribution is -2.52. The molecular weight excluding hydrogens is 410 g/mol. The number of fused-ring (bicyclic) bond motifs is 1. The smallest absolute Gasteiger partial charge is 0.159 e. The van der Waals surface area contributed by atoms with Crippen molar-refractivity contribution in [2.45, 2.75) is 37.5 Å². The highest BCUT2D eigenvalue weighted by molar-refractivity contribution is 5.81. The molecule has 4 heterocycles. The van der Waals surface area contributed by atoms with Crippen molar-refractivity contribution >= 4 is 16.7 Å². The van der Waals surface area contributed by atoms with Gasteiger partial charge in [-0.1, -0.05) is 12.1 Å². The average Bonchev–Trinajstić information content (AvgIpc) is 3.43. The van der Waals surface area contributed by atoms with Crippen LogP contribution in [0.15, 0.2) is 36.8 Å². The van der Waals surface area contributed by atoms with Gasteiger partial charge in [0.2, 0.25) is 0 Å². The fourth-order valence-corrected chi connectivity index (χ4v) is 6.59. The largest absolute Gasteiger partial charge is 0.356 e. The summed E-state index contributed by atoms with van der Waals surface area (Å²) in [5.41, 5.74) is 2.27. The fraction of sp³-hybridized carbons (Fsp3) is 0.538. The van der Waals surface area contributed by atoms with E-state index in [4.69, 9.17) is 0 Å². The molecule has 0 radical (unpaired) electrons. The van der Waals surface area contributed by atoms with Crippen LogP contribution in [-0.4, -0.2) is 57.9 Å². The number of likely N-dealkylation sites (tertiary alicyclic amines) is 1. The zero-order valence-electron chi connectivity index (χ0n) is 19.1. The van der Waals surface area contributed by atoms with Gasteiger partial charge in [-0.05, 0) is 68.0 Å². The summed E-state index contributed by atoms with van der Waals surface area (Å²) >= 11 is 0. The van der Waals surface area contributed by atoms with Crippen LogP contribution in [0.1, 0.15) is 37.7 Å². The first-order valence-electron chi connectivity index (χ1n) is 12.2. The van der Waals surface area contributed by atoms with Gasteiger partial charge in [-0.15, -0.1) is 0 Å². The number of benzene rings is 1. The number of nitrogens with zero attached hydrogens (tertiary/aromatic N) is 7. The maximum absolute atomic E-state index is 10.00. The Hall–Kier alpha value is -2.98. The Morgan fingerprint density at radius 1 is 1.03 bits per heavy atom. The van der Waals surface area contributed by atoms with Crippen LogP contribution < -0.4 is 4.90 Å². The monoisotopic (exact) mass is 439 g/mol. The third-order valence-electron chi connectivity index (χ3n) is 8.59. The summed E-state index contributed by atoms with van der Waals surface area (Å²) in [5.74, 6) is 3.41. The molecule has 3 aromatic rings. The minimum absolute atomic E-state index is 0.335. The number of aromatic nitrogens is 4. The third kappa shape index (κ3) is 3.07. The van der Waals surface area contributed by atoms with Crippen molar-refractivity contribution in [3.05, 3.63) is 42.4 Å². The molecule has 0 amide bonds. The Bertz CT molecular complexity index is 1260. The van der Waals surface area contributed by atoms with Crippen molar-refractivity contribution in [2.75, 3.05) is 38.1 Å². The normalized spacial score (nSPS) is 23.7. The maximum atomic E-state index is 10.00. The van der Waals surface area contributed by atoms with Crippen molar-refractivity contribution in [1.29, 1.82) is 5.26 Å². The molecular formula is C26H29N7. The molecule has 4 fully saturated rings. The van der Waals surface area contributed by atoms with Gasteiger partial charge in [-0.2, -0.15) is 10.4 Å². The van der Waals surface area contributed by atoms with E-state index >= 15 is 0 Å². The van der Waals surface area contributed by atoms with Crippen LogP contribution >= 0.6 is 0 Å². The van der Waals surface area contributed by atoms with Crippen LogP contribution in [0, 0.1) is 28.6 Å². The first-order valence-corrected chi connectivity index (χ1v) is 12.2. The van der Waals surface area contributed by atoms with E-state index in [1.807, 2.05) is 10.9 Å². The molecule has 0 N–H and O–H groups in total. The molecule has 0 unspecified atom stereocenters. The Labute approximate surface area is 194 Å². The van der Waals surface area contributed by atoms with Gasteiger partial charge >= 0.3 is 0 Å². The number of anilines is 1. The lowest BCUT2D eigenvalue weighted by molar-refractivity contribution is 0.105. The van der Waals surface area contributed by atoms with Crippen LogP contribution in [0.25, 0.3) is 16.7 Å². The van der Waals surface area contributed by atoms with E-state index < -0.39 is 0 Å². The summed E-state index contributed by atoms with van der Waals surface area (Å²) in [4.78, 5) is 13.8. The summed E-state index contributed by atoms with van der Waals surface area (Å²) in [6, 6.07) is 11.1. The van der Waals surface area contributed by atoms with Crippen molar-refractivity contribution in [2.24, 2.45) is 17.3 Å². The summed E-state index contributed by atoms with van der Waals surface area (Å²) in [6.45, 7) is 4.65. The van der Waals surface area contributed by atoms with Crippen molar-refractivity contribution in [3.8, 4) is 11.9 Å². The minimum Gasteiger partial charge on any atom is -0.356 e. The molecule has 7 nitrogen and oxygen atoms in total. The zero-order valence-corrected chi connectivity index (χ0v) is 19.1. The number of hydrogen-bond acceptors (Lipinski definition) is 6. The van der Waals surface area contributed by atoms with Gasteiger partial charge in [0.05, 0.1) is 23.2 Å². The third-order valence-corrected chi connectivity index (χ3v) is 8.59. The molecule has 4 aliphatic rings. The number of nitriles is 1. The van der Waals surface area contributed by atoms with E-state index in [1.165, 1.54) is 32.4 Å². The SMILES string of the molecule is CN1CC(CC2CN(c3cc(-n4ncc5ccc(C6(C#N)CC7(CC7)C6)cc54)ncn3)C2)C1. The molecule has 0 atom stereocenters. The standard InChI is InChI=1S/C26H29N7/c1-31-10-18(11-31)6-19-12-32(13-19)23-8-24(29-17-28-23)33-22-7-21(3-2-20(22)9-30-33)26(16-27)14-25(15-26)4-5-25/h2-3,7-9,17-19H,4-6,10-15H2,1H3. The summed E-state index contributed by atoms with van der Waals surface area (Å²) < 4.78 is 1.90. The second kappa shape index (κ2) is 6.77. The molecule has 2 saturated heterocycles. The van der Waals surface area contributed by atoms with Gasteiger partial charge in [-0.25, -0.2) is 14.6 Å². The van der Waals surface area contributed by atoms with E-state index in [0.717, 1.165) is 65.9 Å². The predicted molar refractivity (Wildman–Crippen MR) is 126 cm³/mol. The number of hydrogen-bond donors (Lipinski definition) is 0. The van der Waals surface area contributed by atoms with Crippen LogP contribution in [0.5, 0.6) is 0 Å². The Kier molecular flexibility index (Phi) is 4.00. The second-order valence-electron chi connectivity index (χ2n) is 11.2. The minimum atomic E-state index is -0.335. The van der Waals surface area contributed by atoms with E-state index in [9.17, 15) is 5.26 Å². The van der Waals surface area contributed by atoms with Gasteiger partial charge in [0, 0.05) is 37.6 Å². The highest BCUT2D eigenvalue weighted by atomic mass is 15.3. The first-order chi connectivity index (χ1) is 16.0. The Morgan fingerprint density at radius 2 is 1.79 bits per heavy atom. The Morgan fingerprint density at radius 3 is 2.52 bits per heavy atom. The molecule has 168 valence electrons. The molecule has 2 aromatic heterocycles. The topological polar surface area (TPSA) is 73.9 Å². The molecule has 1 aromatic carbocycles. The van der Waals surface area contributed by atoms with Crippen LogP contribution in [0.3, 0.4) is 0 Å². The fourth-order valence-electron chi connectivity index (χ4n) is 6.59. The average molecular weight is 440 g/mol. The molecule has 2 saturated carbocycles. The molecule has 0 bridgehead atoms. The van der Waals surface area contributed by atoms with Gasteiger partial charge in [0.25, 0.3) is 0 Å². The first kappa shape index (κ1) is 19.5. The molecule has 2 aliphatic carbocycles. The van der Waals surface area contributed by atoms with Gasteiger partial charge in [-0.3, -0.25) is 0 Å². The van der Waals surface area contributed by atoms with Crippen molar-refractivity contribution < 1.29 is 0 Å². The summed E-state index contributed by atoms with van der Waals surface area (Å²) in [5, 5.41) is 15.7. The van der Waals surface area contributed by atoms with Crippen LogP contribution in [0.4, 0.5) is 5.82 Å². The summed E-state index contributed by atoms with van der Waals surface area (Å²) in [6.07, 6.45) is 9.44. The lowest BCUT2D eigenvalue weighted by atomic mass is 9.57.